The maximum Gasteiger partial charge on any atom is 0.248 e. The molecule has 45 heavy (non-hydrogen) atoms. The average molecular weight is 617 g/mol. The first-order valence-corrected chi connectivity index (χ1v) is 13.5. The van der Waals surface area contributed by atoms with Crippen LogP contribution in [0, 0.1) is 0 Å². The first kappa shape index (κ1) is 33.7. The lowest BCUT2D eigenvalue weighted by Gasteiger charge is -2.12. The quantitative estimate of drug-likeness (QED) is 0.116. The normalized spacial score (nSPS) is 11.2. The van der Waals surface area contributed by atoms with Crippen molar-refractivity contribution in [3.8, 4) is 40.2 Å². The highest BCUT2D eigenvalue weighted by atomic mass is 16.5. The number of para-hydroxylation sites is 1. The van der Waals surface area contributed by atoms with E-state index in [-0.39, 0.29) is 17.1 Å². The molecular weight excluding hydrogens is 580 g/mol. The fourth-order valence-corrected chi connectivity index (χ4v) is 4.13. The number of carbonyl (C=O) groups excluding carboxylic acids is 2. The Bertz CT molecular complexity index is 1570. The number of nitrogens with one attached hydrogen (secondary N) is 2. The zero-order chi connectivity index (χ0) is 32.8. The van der Waals surface area contributed by atoms with Crippen LogP contribution in [0.15, 0.2) is 78.9 Å². The molecule has 0 saturated heterocycles. The van der Waals surface area contributed by atoms with Crippen molar-refractivity contribution in [2.24, 2.45) is 0 Å². The van der Waals surface area contributed by atoms with Crippen molar-refractivity contribution in [2.45, 2.75) is 0 Å². The molecule has 0 aliphatic heterocycles. The lowest BCUT2D eigenvalue weighted by Crippen LogP contribution is -2.13. The van der Waals surface area contributed by atoms with Crippen molar-refractivity contribution in [3.63, 3.8) is 0 Å². The molecule has 0 radical (unpaired) electrons. The van der Waals surface area contributed by atoms with Gasteiger partial charge in [0.15, 0.2) is 23.0 Å². The molecule has 3 aromatic carbocycles. The number of allylic oxidation sites excluding steroid dienone is 4. The van der Waals surface area contributed by atoms with Crippen LogP contribution < -0.4 is 39.1 Å². The van der Waals surface area contributed by atoms with Gasteiger partial charge in [-0.05, 0) is 47.5 Å². The van der Waals surface area contributed by atoms with Gasteiger partial charge in [0, 0.05) is 12.2 Å². The zero-order valence-corrected chi connectivity index (χ0v) is 25.9. The molecule has 11 heteroatoms. The Morgan fingerprint density at radius 1 is 0.600 bits per heavy atom. The Morgan fingerprint density at radius 2 is 1.02 bits per heavy atom. The van der Waals surface area contributed by atoms with Crippen LogP contribution in [0.25, 0.3) is 12.2 Å². The Balaban J connectivity index is 1.65. The highest BCUT2D eigenvalue weighted by molar-refractivity contribution is 6.07. The fraction of sp³-hybridized carbons (Fsp3) is 0.176. The number of aromatic hydroxyl groups is 1. The minimum atomic E-state index is -0.523. The monoisotopic (exact) mass is 616 g/mol. The first-order valence-electron chi connectivity index (χ1n) is 13.5. The number of amides is 2. The van der Waals surface area contributed by atoms with E-state index in [9.17, 15) is 14.7 Å². The van der Waals surface area contributed by atoms with E-state index in [4.69, 9.17) is 28.4 Å². The topological polar surface area (TPSA) is 134 Å². The van der Waals surface area contributed by atoms with Crippen LogP contribution in [0.4, 0.5) is 11.4 Å². The van der Waals surface area contributed by atoms with Crippen molar-refractivity contribution >= 4 is 35.3 Å². The van der Waals surface area contributed by atoms with E-state index < -0.39 is 11.8 Å². The molecule has 3 N–H and O–H groups in total. The molecular formula is C34H36N2O9. The molecule has 0 fully saturated rings. The van der Waals surface area contributed by atoms with E-state index in [0.29, 0.717) is 34.5 Å². The highest BCUT2D eigenvalue weighted by Crippen LogP contribution is 2.39. The summed E-state index contributed by atoms with van der Waals surface area (Å²) in [6, 6.07) is 11.6. The summed E-state index contributed by atoms with van der Waals surface area (Å²) in [7, 11) is 9.15. The number of rotatable bonds is 14. The van der Waals surface area contributed by atoms with Crippen LogP contribution in [0.3, 0.4) is 0 Å². The second kappa shape index (κ2) is 16.7. The molecule has 0 aromatic heterocycles. The first-order chi connectivity index (χ1) is 21.8. The SMILES string of the molecule is COc1cc(C=CC=CC(=O)Nc2cccc(O)c2NC(=O)C=CC=Cc2cc(OC)c(OC)c(OC)c2)cc(OC)c1OC. The molecule has 0 heterocycles. The van der Waals surface area contributed by atoms with E-state index in [1.807, 2.05) is 0 Å². The van der Waals surface area contributed by atoms with Crippen molar-refractivity contribution in [2.75, 3.05) is 53.3 Å². The van der Waals surface area contributed by atoms with Gasteiger partial charge in [-0.3, -0.25) is 9.59 Å². The van der Waals surface area contributed by atoms with Gasteiger partial charge in [-0.15, -0.1) is 0 Å². The van der Waals surface area contributed by atoms with Crippen LogP contribution in [0.2, 0.25) is 0 Å². The Morgan fingerprint density at radius 3 is 1.42 bits per heavy atom. The molecule has 0 unspecified atom stereocenters. The molecule has 2 amide bonds. The van der Waals surface area contributed by atoms with Gasteiger partial charge in [0.25, 0.3) is 0 Å². The lowest BCUT2D eigenvalue weighted by molar-refractivity contribution is -0.112. The molecule has 236 valence electrons. The largest absolute Gasteiger partial charge is 0.506 e. The van der Waals surface area contributed by atoms with Gasteiger partial charge in [0.1, 0.15) is 11.4 Å². The molecule has 0 spiro atoms. The van der Waals surface area contributed by atoms with Crippen LogP contribution in [-0.2, 0) is 9.59 Å². The number of methoxy groups -OCH3 is 6. The second-order valence-corrected chi connectivity index (χ2v) is 9.03. The van der Waals surface area contributed by atoms with Crippen molar-refractivity contribution in [1.29, 1.82) is 0 Å². The minimum Gasteiger partial charge on any atom is -0.506 e. The fourth-order valence-electron chi connectivity index (χ4n) is 4.13. The van der Waals surface area contributed by atoms with E-state index in [1.54, 1.807) is 66.8 Å². The molecule has 0 saturated carbocycles. The number of hydrogen-bond acceptors (Lipinski definition) is 9. The Hall–Kier alpha value is -5.84. The van der Waals surface area contributed by atoms with Crippen molar-refractivity contribution < 1.29 is 43.1 Å². The Labute approximate surface area is 262 Å². The summed E-state index contributed by atoms with van der Waals surface area (Å²) in [6.45, 7) is 0. The lowest BCUT2D eigenvalue weighted by atomic mass is 10.1. The van der Waals surface area contributed by atoms with Crippen LogP contribution in [0.1, 0.15) is 11.1 Å². The van der Waals surface area contributed by atoms with Gasteiger partial charge in [0.05, 0.1) is 48.3 Å². The number of anilines is 2. The van der Waals surface area contributed by atoms with Gasteiger partial charge in [0.2, 0.25) is 23.3 Å². The molecule has 3 rings (SSSR count). The number of carbonyl (C=O) groups is 2. The van der Waals surface area contributed by atoms with Crippen LogP contribution >= 0.6 is 0 Å². The van der Waals surface area contributed by atoms with Gasteiger partial charge >= 0.3 is 0 Å². The zero-order valence-electron chi connectivity index (χ0n) is 25.9. The van der Waals surface area contributed by atoms with Gasteiger partial charge in [-0.25, -0.2) is 0 Å². The molecule has 0 aliphatic rings. The summed E-state index contributed by atoms with van der Waals surface area (Å²) in [5, 5.41) is 15.6. The third-order valence-corrected chi connectivity index (χ3v) is 6.22. The molecule has 3 aromatic rings. The number of phenols is 1. The number of benzene rings is 3. The Kier molecular flexibility index (Phi) is 12.5. The second-order valence-electron chi connectivity index (χ2n) is 9.03. The predicted octanol–water partition coefficient (Wildman–Crippen LogP) is 5.86. The van der Waals surface area contributed by atoms with Crippen molar-refractivity contribution in [3.05, 3.63) is 90.0 Å². The smallest absolute Gasteiger partial charge is 0.248 e. The summed E-state index contributed by atoms with van der Waals surface area (Å²) < 4.78 is 32.1. The summed E-state index contributed by atoms with van der Waals surface area (Å²) in [4.78, 5) is 25.2. The number of hydrogen-bond donors (Lipinski definition) is 3. The van der Waals surface area contributed by atoms with E-state index in [2.05, 4.69) is 10.6 Å². The van der Waals surface area contributed by atoms with E-state index in [1.165, 1.54) is 67.0 Å². The summed E-state index contributed by atoms with van der Waals surface area (Å²) in [6.07, 6.45) is 12.5. The third-order valence-electron chi connectivity index (χ3n) is 6.22. The summed E-state index contributed by atoms with van der Waals surface area (Å²) in [5.41, 5.74) is 1.79. The minimum absolute atomic E-state index is 0.0514. The number of phenolic OH excluding ortho intramolecular Hbond substituents is 1. The summed E-state index contributed by atoms with van der Waals surface area (Å²) >= 11 is 0. The van der Waals surface area contributed by atoms with Gasteiger partial charge in [-0.2, -0.15) is 0 Å². The third kappa shape index (κ3) is 9.07. The van der Waals surface area contributed by atoms with Gasteiger partial charge in [-0.1, -0.05) is 42.5 Å². The molecule has 11 nitrogen and oxygen atoms in total. The van der Waals surface area contributed by atoms with Gasteiger partial charge < -0.3 is 44.2 Å². The maximum atomic E-state index is 12.6. The van der Waals surface area contributed by atoms with Crippen LogP contribution in [-0.4, -0.2) is 59.6 Å². The maximum absolute atomic E-state index is 12.6. The van der Waals surface area contributed by atoms with E-state index in [0.717, 1.165) is 11.1 Å². The van der Waals surface area contributed by atoms with Crippen LogP contribution in [0.5, 0.6) is 40.2 Å². The average Bonchev–Trinajstić information content (AvgIpc) is 3.05. The molecule has 0 aliphatic carbocycles. The summed E-state index contributed by atoms with van der Waals surface area (Å²) in [5.74, 6) is 1.73. The molecule has 0 bridgehead atoms. The predicted molar refractivity (Wildman–Crippen MR) is 174 cm³/mol. The number of ether oxygens (including phenoxy) is 6. The van der Waals surface area contributed by atoms with E-state index >= 15 is 0 Å². The van der Waals surface area contributed by atoms with Crippen molar-refractivity contribution in [1.82, 2.24) is 0 Å². The highest BCUT2D eigenvalue weighted by Gasteiger charge is 2.14. The standard InChI is InChI=1S/C34H36N2O9/c1-40-26-18-22(19-27(41-2)33(26)44-5)12-7-9-16-30(38)35-24-14-11-15-25(37)32(24)36-31(39)17-10-8-13-23-20-28(42-3)34(45-6)29(21-23)43-4/h7-21,37H,1-6H3,(H,35,38)(H,36,39). The molecule has 0 atom stereocenters.